The number of aromatic nitrogens is 2. The molecule has 0 spiro atoms. The van der Waals surface area contributed by atoms with Gasteiger partial charge in [0, 0.05) is 38.8 Å². The molecule has 3 aromatic rings. The van der Waals surface area contributed by atoms with Crippen LogP contribution in [0, 0.1) is 5.92 Å². The molecule has 2 aliphatic heterocycles. The van der Waals surface area contributed by atoms with Gasteiger partial charge in [-0.25, -0.2) is 4.98 Å². The third-order valence-electron chi connectivity index (χ3n) is 6.16. The van der Waals surface area contributed by atoms with Gasteiger partial charge < -0.3 is 9.47 Å². The van der Waals surface area contributed by atoms with Crippen molar-refractivity contribution in [1.29, 1.82) is 0 Å². The van der Waals surface area contributed by atoms with Gasteiger partial charge in [-0.05, 0) is 17.0 Å². The molecule has 1 aromatic heterocycles. The minimum Gasteiger partial charge on any atom is -0.335 e. The quantitative estimate of drug-likeness (QED) is 0.675. The number of amides is 1. The Bertz CT molecular complexity index is 923. The van der Waals surface area contributed by atoms with Crippen LogP contribution in [-0.2, 0) is 17.9 Å². The molecule has 0 radical (unpaired) electrons. The molecule has 1 fully saturated rings. The normalized spacial score (nSPS) is 17.2. The number of benzene rings is 2. The largest absolute Gasteiger partial charge is 0.335 e. The fourth-order valence-corrected chi connectivity index (χ4v) is 4.61. The lowest BCUT2D eigenvalue weighted by Crippen LogP contribution is -2.51. The number of nitrogens with zero attached hydrogens (tertiary/aromatic N) is 4. The smallest absolute Gasteiger partial charge is 0.223 e. The summed E-state index contributed by atoms with van der Waals surface area (Å²) in [4.78, 5) is 21.5. The van der Waals surface area contributed by atoms with E-state index in [1.807, 2.05) is 17.4 Å². The highest BCUT2D eigenvalue weighted by molar-refractivity contribution is 5.76. The molecule has 1 amide bonds. The first kappa shape index (κ1) is 18.1. The van der Waals surface area contributed by atoms with E-state index in [-0.39, 0.29) is 11.9 Å². The molecule has 2 aromatic carbocycles. The summed E-state index contributed by atoms with van der Waals surface area (Å²) in [6.07, 6.45) is 4.37. The number of likely N-dealkylation sites (tertiary alicyclic amines) is 1. The molecule has 2 aliphatic rings. The van der Waals surface area contributed by atoms with Crippen LogP contribution in [0.1, 0.15) is 29.3 Å². The summed E-state index contributed by atoms with van der Waals surface area (Å²) in [6.45, 7) is 4.25. The Labute approximate surface area is 171 Å². The zero-order chi connectivity index (χ0) is 19.6. The average Bonchev–Trinajstić information content (AvgIpc) is 3.21. The number of imidazole rings is 1. The van der Waals surface area contributed by atoms with Crippen LogP contribution < -0.4 is 0 Å². The molecule has 148 valence electrons. The van der Waals surface area contributed by atoms with Crippen molar-refractivity contribution in [1.82, 2.24) is 19.4 Å². The van der Waals surface area contributed by atoms with E-state index < -0.39 is 0 Å². The van der Waals surface area contributed by atoms with Crippen LogP contribution in [0.4, 0.5) is 0 Å². The SMILES string of the molecule is O=C(CC1CN(C(c2ccccc2)c2ccccc2)C1)N1CCn2cncc2C1. The highest BCUT2D eigenvalue weighted by Crippen LogP contribution is 2.35. The van der Waals surface area contributed by atoms with Crippen molar-refractivity contribution in [2.24, 2.45) is 5.92 Å². The predicted octanol–water partition coefficient (Wildman–Crippen LogP) is 3.34. The van der Waals surface area contributed by atoms with Gasteiger partial charge in [-0.2, -0.15) is 0 Å². The molecule has 29 heavy (non-hydrogen) atoms. The van der Waals surface area contributed by atoms with Gasteiger partial charge >= 0.3 is 0 Å². The van der Waals surface area contributed by atoms with Gasteiger partial charge in [0.1, 0.15) is 0 Å². The van der Waals surface area contributed by atoms with Crippen LogP contribution in [0.3, 0.4) is 0 Å². The summed E-state index contributed by atoms with van der Waals surface area (Å²) in [5.41, 5.74) is 3.76. The second kappa shape index (κ2) is 7.84. The minimum atomic E-state index is 0.257. The molecule has 0 aliphatic carbocycles. The third-order valence-corrected chi connectivity index (χ3v) is 6.16. The Kier molecular flexibility index (Phi) is 4.90. The molecule has 0 bridgehead atoms. The van der Waals surface area contributed by atoms with Crippen molar-refractivity contribution in [2.75, 3.05) is 19.6 Å². The van der Waals surface area contributed by atoms with Crippen molar-refractivity contribution < 1.29 is 4.79 Å². The van der Waals surface area contributed by atoms with Gasteiger partial charge in [-0.15, -0.1) is 0 Å². The lowest BCUT2D eigenvalue weighted by molar-refractivity contribution is -0.135. The Balaban J connectivity index is 1.23. The van der Waals surface area contributed by atoms with Gasteiger partial charge in [0.2, 0.25) is 5.91 Å². The summed E-state index contributed by atoms with van der Waals surface area (Å²) in [5.74, 6) is 0.710. The van der Waals surface area contributed by atoms with Crippen molar-refractivity contribution in [3.63, 3.8) is 0 Å². The molecule has 0 unspecified atom stereocenters. The molecule has 5 rings (SSSR count). The Morgan fingerprint density at radius 3 is 2.28 bits per heavy atom. The molecule has 5 nitrogen and oxygen atoms in total. The van der Waals surface area contributed by atoms with E-state index in [2.05, 4.69) is 75.1 Å². The number of hydrogen-bond acceptors (Lipinski definition) is 3. The van der Waals surface area contributed by atoms with E-state index >= 15 is 0 Å². The van der Waals surface area contributed by atoms with Gasteiger partial charge in [-0.3, -0.25) is 9.69 Å². The molecule has 0 N–H and O–H groups in total. The number of carbonyl (C=O) groups excluding carboxylic acids is 1. The fraction of sp³-hybridized carbons (Fsp3) is 0.333. The molecule has 0 atom stereocenters. The van der Waals surface area contributed by atoms with Gasteiger partial charge in [0.05, 0.1) is 24.6 Å². The lowest BCUT2D eigenvalue weighted by atomic mass is 9.88. The molecule has 3 heterocycles. The highest BCUT2D eigenvalue weighted by Gasteiger charge is 2.36. The summed E-state index contributed by atoms with van der Waals surface area (Å²) in [5, 5.41) is 0. The van der Waals surface area contributed by atoms with E-state index in [1.165, 1.54) is 11.1 Å². The van der Waals surface area contributed by atoms with Crippen molar-refractivity contribution >= 4 is 5.91 Å². The van der Waals surface area contributed by atoms with E-state index in [4.69, 9.17) is 0 Å². The molecular formula is C24H26N4O. The summed E-state index contributed by atoms with van der Waals surface area (Å²) < 4.78 is 2.14. The standard InChI is InChI=1S/C24H26N4O/c29-23(26-11-12-27-18-25-14-22(27)17-26)13-19-15-28(16-19)24(20-7-3-1-4-8-20)21-9-5-2-6-10-21/h1-10,14,18-19,24H,11-13,15-17H2. The number of fused-ring (bicyclic) bond motifs is 1. The van der Waals surface area contributed by atoms with Crippen LogP contribution in [0.5, 0.6) is 0 Å². The van der Waals surface area contributed by atoms with Gasteiger partial charge in [0.15, 0.2) is 0 Å². The Morgan fingerprint density at radius 2 is 1.62 bits per heavy atom. The maximum atomic E-state index is 12.8. The summed E-state index contributed by atoms with van der Waals surface area (Å²) in [6, 6.07) is 21.6. The van der Waals surface area contributed by atoms with Crippen LogP contribution >= 0.6 is 0 Å². The highest BCUT2D eigenvalue weighted by atomic mass is 16.2. The molecule has 5 heteroatoms. The second-order valence-electron chi connectivity index (χ2n) is 8.14. The third kappa shape index (κ3) is 3.70. The van der Waals surface area contributed by atoms with E-state index in [1.54, 1.807) is 0 Å². The second-order valence-corrected chi connectivity index (χ2v) is 8.14. The van der Waals surface area contributed by atoms with Crippen LogP contribution in [0.15, 0.2) is 73.2 Å². The van der Waals surface area contributed by atoms with E-state index in [9.17, 15) is 4.79 Å². The topological polar surface area (TPSA) is 41.4 Å². The zero-order valence-electron chi connectivity index (χ0n) is 16.5. The maximum absolute atomic E-state index is 12.8. The average molecular weight is 386 g/mol. The first-order valence-electron chi connectivity index (χ1n) is 10.4. The molecular weight excluding hydrogens is 360 g/mol. The Hall–Kier alpha value is -2.92. The Morgan fingerprint density at radius 1 is 0.966 bits per heavy atom. The van der Waals surface area contributed by atoms with E-state index in [0.717, 1.165) is 31.9 Å². The summed E-state index contributed by atoms with van der Waals surface area (Å²) >= 11 is 0. The monoisotopic (exact) mass is 386 g/mol. The first-order valence-corrected chi connectivity index (χ1v) is 10.4. The molecule has 1 saturated heterocycles. The van der Waals surface area contributed by atoms with Crippen molar-refractivity contribution in [3.05, 3.63) is 90.0 Å². The predicted molar refractivity (Wildman–Crippen MR) is 112 cm³/mol. The van der Waals surface area contributed by atoms with Gasteiger partial charge in [0.25, 0.3) is 0 Å². The first-order chi connectivity index (χ1) is 14.3. The minimum absolute atomic E-state index is 0.257. The van der Waals surface area contributed by atoms with Gasteiger partial charge in [-0.1, -0.05) is 60.7 Å². The fourth-order valence-electron chi connectivity index (χ4n) is 4.61. The zero-order valence-corrected chi connectivity index (χ0v) is 16.5. The van der Waals surface area contributed by atoms with Crippen LogP contribution in [0.25, 0.3) is 0 Å². The number of carbonyl (C=O) groups is 1. The number of hydrogen-bond donors (Lipinski definition) is 0. The van der Waals surface area contributed by atoms with E-state index in [0.29, 0.717) is 18.9 Å². The van der Waals surface area contributed by atoms with Crippen molar-refractivity contribution in [3.8, 4) is 0 Å². The maximum Gasteiger partial charge on any atom is 0.223 e. The summed E-state index contributed by atoms with van der Waals surface area (Å²) in [7, 11) is 0. The lowest BCUT2D eigenvalue weighted by Gasteiger charge is -2.45. The van der Waals surface area contributed by atoms with Crippen LogP contribution in [-0.4, -0.2) is 44.9 Å². The van der Waals surface area contributed by atoms with Crippen molar-refractivity contribution in [2.45, 2.75) is 25.6 Å². The number of rotatable bonds is 5. The molecule has 0 saturated carbocycles. The van der Waals surface area contributed by atoms with Crippen LogP contribution in [0.2, 0.25) is 0 Å².